The third-order valence-corrected chi connectivity index (χ3v) is 4.77. The fraction of sp³-hybridized carbons (Fsp3) is 0.250. The Kier molecular flexibility index (Phi) is 3.86. The van der Waals surface area contributed by atoms with Crippen LogP contribution in [0.25, 0.3) is 10.2 Å². The van der Waals surface area contributed by atoms with Crippen molar-refractivity contribution < 1.29 is 0 Å². The number of benzene rings is 1. The summed E-state index contributed by atoms with van der Waals surface area (Å²) in [5.74, 6) is 0.941. The summed E-state index contributed by atoms with van der Waals surface area (Å²) in [6, 6.07) is 10.4. The summed E-state index contributed by atoms with van der Waals surface area (Å²) in [5.41, 5.74) is 7.87. The Labute approximate surface area is 128 Å². The van der Waals surface area contributed by atoms with E-state index >= 15 is 0 Å². The summed E-state index contributed by atoms with van der Waals surface area (Å²) < 4.78 is 0. The lowest BCUT2D eigenvalue weighted by Crippen LogP contribution is -2.11. The minimum atomic E-state index is 0.562. The maximum Gasteiger partial charge on any atom is 0.144 e. The average Bonchev–Trinajstić information content (AvgIpc) is 2.97. The van der Waals surface area contributed by atoms with Gasteiger partial charge in [0, 0.05) is 24.2 Å². The van der Waals surface area contributed by atoms with Gasteiger partial charge in [-0.05, 0) is 30.2 Å². The van der Waals surface area contributed by atoms with E-state index in [1.807, 2.05) is 7.05 Å². The van der Waals surface area contributed by atoms with Crippen LogP contribution in [0.1, 0.15) is 17.4 Å². The van der Waals surface area contributed by atoms with Crippen molar-refractivity contribution in [3.8, 4) is 0 Å². The van der Waals surface area contributed by atoms with Gasteiger partial charge in [0.25, 0.3) is 0 Å². The minimum Gasteiger partial charge on any atom is -0.329 e. The lowest BCUT2D eigenvalue weighted by atomic mass is 10.2. The van der Waals surface area contributed by atoms with Crippen molar-refractivity contribution in [3.63, 3.8) is 0 Å². The van der Waals surface area contributed by atoms with Crippen LogP contribution in [-0.4, -0.2) is 17.0 Å². The summed E-state index contributed by atoms with van der Waals surface area (Å²) in [6.07, 6.45) is 2.66. The normalized spacial score (nSPS) is 11.0. The first-order valence-electron chi connectivity index (χ1n) is 6.99. The molecule has 3 aromatic rings. The van der Waals surface area contributed by atoms with Gasteiger partial charge < -0.3 is 10.6 Å². The molecule has 1 aromatic carbocycles. The number of nitrogens with zero attached hydrogens (tertiary/aromatic N) is 3. The molecule has 0 aliphatic carbocycles. The first kappa shape index (κ1) is 14.0. The van der Waals surface area contributed by atoms with Crippen molar-refractivity contribution in [2.75, 3.05) is 11.9 Å². The molecule has 21 heavy (non-hydrogen) atoms. The highest BCUT2D eigenvalue weighted by Gasteiger charge is 2.13. The van der Waals surface area contributed by atoms with Gasteiger partial charge in [0.2, 0.25) is 0 Å². The van der Waals surface area contributed by atoms with Crippen molar-refractivity contribution in [3.05, 3.63) is 47.1 Å². The van der Waals surface area contributed by atoms with Gasteiger partial charge in [0.15, 0.2) is 0 Å². The summed E-state index contributed by atoms with van der Waals surface area (Å²) in [4.78, 5) is 13.3. The van der Waals surface area contributed by atoms with Crippen molar-refractivity contribution in [2.45, 2.75) is 19.9 Å². The van der Waals surface area contributed by atoms with Gasteiger partial charge >= 0.3 is 0 Å². The Bertz CT molecular complexity index is 749. The van der Waals surface area contributed by atoms with E-state index in [-0.39, 0.29) is 0 Å². The predicted molar refractivity (Wildman–Crippen MR) is 89.2 cm³/mol. The van der Waals surface area contributed by atoms with Gasteiger partial charge in [0.1, 0.15) is 17.0 Å². The smallest absolute Gasteiger partial charge is 0.144 e. The predicted octanol–water partition coefficient (Wildman–Crippen LogP) is 3.48. The van der Waals surface area contributed by atoms with Gasteiger partial charge in [-0.3, -0.25) is 0 Å². The molecule has 0 saturated carbocycles. The molecule has 0 aliphatic heterocycles. The standard InChI is InChI=1S/C16H18N4S/c1-3-13-8-14-15(18-10-19-16(14)21-13)20(2)12-6-4-11(9-17)5-7-12/h4-8,10H,3,9,17H2,1-2H3. The number of hydrogen-bond donors (Lipinski definition) is 1. The van der Waals surface area contributed by atoms with Crippen LogP contribution in [0.15, 0.2) is 36.7 Å². The lowest BCUT2D eigenvalue weighted by molar-refractivity contribution is 1.06. The van der Waals surface area contributed by atoms with Crippen LogP contribution >= 0.6 is 11.3 Å². The van der Waals surface area contributed by atoms with Crippen LogP contribution in [0.3, 0.4) is 0 Å². The lowest BCUT2D eigenvalue weighted by Gasteiger charge is -2.19. The van der Waals surface area contributed by atoms with Crippen LogP contribution in [0.2, 0.25) is 0 Å². The molecule has 0 fully saturated rings. The minimum absolute atomic E-state index is 0.562. The van der Waals surface area contributed by atoms with E-state index in [4.69, 9.17) is 5.73 Å². The Morgan fingerprint density at radius 3 is 2.62 bits per heavy atom. The molecule has 0 radical (unpaired) electrons. The maximum atomic E-state index is 5.65. The van der Waals surface area contributed by atoms with E-state index in [9.17, 15) is 0 Å². The largest absolute Gasteiger partial charge is 0.329 e. The van der Waals surface area contributed by atoms with Crippen molar-refractivity contribution >= 4 is 33.1 Å². The van der Waals surface area contributed by atoms with Crippen LogP contribution in [0, 0.1) is 0 Å². The van der Waals surface area contributed by atoms with Gasteiger partial charge in [0.05, 0.1) is 5.39 Å². The second-order valence-corrected chi connectivity index (χ2v) is 6.03. The van der Waals surface area contributed by atoms with E-state index < -0.39 is 0 Å². The number of anilines is 2. The molecule has 0 amide bonds. The van der Waals surface area contributed by atoms with Crippen LogP contribution < -0.4 is 10.6 Å². The zero-order chi connectivity index (χ0) is 14.8. The number of nitrogens with two attached hydrogens (primary N) is 1. The zero-order valence-electron chi connectivity index (χ0n) is 12.2. The summed E-state index contributed by atoms with van der Waals surface area (Å²) in [5, 5.41) is 1.12. The quantitative estimate of drug-likeness (QED) is 0.801. The zero-order valence-corrected chi connectivity index (χ0v) is 13.0. The van der Waals surface area contributed by atoms with E-state index in [0.29, 0.717) is 6.54 Å². The van der Waals surface area contributed by atoms with E-state index in [1.165, 1.54) is 4.88 Å². The number of rotatable bonds is 4. The van der Waals surface area contributed by atoms with Crippen LogP contribution in [0.4, 0.5) is 11.5 Å². The average molecular weight is 298 g/mol. The van der Waals surface area contributed by atoms with E-state index in [2.05, 4.69) is 52.1 Å². The first-order valence-corrected chi connectivity index (χ1v) is 7.80. The number of hydrogen-bond acceptors (Lipinski definition) is 5. The highest BCUT2D eigenvalue weighted by Crippen LogP contribution is 2.33. The number of fused-ring (bicyclic) bond motifs is 1. The number of aromatic nitrogens is 2. The summed E-state index contributed by atoms with van der Waals surface area (Å²) in [7, 11) is 2.03. The van der Waals surface area contributed by atoms with Crippen molar-refractivity contribution in [1.29, 1.82) is 0 Å². The third kappa shape index (κ3) is 2.62. The molecular formula is C16H18N4S. The molecule has 2 N–H and O–H groups in total. The Morgan fingerprint density at radius 1 is 1.19 bits per heavy atom. The first-order chi connectivity index (χ1) is 10.2. The van der Waals surface area contributed by atoms with Crippen molar-refractivity contribution in [1.82, 2.24) is 9.97 Å². The maximum absolute atomic E-state index is 5.65. The van der Waals surface area contributed by atoms with Crippen LogP contribution in [0.5, 0.6) is 0 Å². The highest BCUT2D eigenvalue weighted by molar-refractivity contribution is 7.18. The Morgan fingerprint density at radius 2 is 1.95 bits per heavy atom. The Hall–Kier alpha value is -1.98. The summed E-state index contributed by atoms with van der Waals surface area (Å²) in [6.45, 7) is 2.72. The number of aryl methyl sites for hydroxylation is 1. The molecule has 0 saturated heterocycles. The SMILES string of the molecule is CCc1cc2c(N(C)c3ccc(CN)cc3)ncnc2s1. The van der Waals surface area contributed by atoms with E-state index in [1.54, 1.807) is 17.7 Å². The second-order valence-electron chi connectivity index (χ2n) is 4.91. The molecule has 3 rings (SSSR count). The molecule has 0 unspecified atom stereocenters. The highest BCUT2D eigenvalue weighted by atomic mass is 32.1. The molecule has 4 nitrogen and oxygen atoms in total. The second kappa shape index (κ2) is 5.79. The van der Waals surface area contributed by atoms with Crippen LogP contribution in [-0.2, 0) is 13.0 Å². The monoisotopic (exact) mass is 298 g/mol. The van der Waals surface area contributed by atoms with Gasteiger partial charge in [-0.2, -0.15) is 0 Å². The molecule has 0 bridgehead atoms. The van der Waals surface area contributed by atoms with Crippen molar-refractivity contribution in [2.24, 2.45) is 5.73 Å². The molecule has 2 aromatic heterocycles. The molecule has 0 spiro atoms. The fourth-order valence-corrected chi connectivity index (χ4v) is 3.24. The fourth-order valence-electron chi connectivity index (χ4n) is 2.31. The molecular weight excluding hydrogens is 280 g/mol. The van der Waals surface area contributed by atoms with Gasteiger partial charge in [-0.25, -0.2) is 9.97 Å². The van der Waals surface area contributed by atoms with E-state index in [0.717, 1.165) is 33.7 Å². The molecule has 2 heterocycles. The van der Waals surface area contributed by atoms with Gasteiger partial charge in [-0.1, -0.05) is 19.1 Å². The third-order valence-electron chi connectivity index (χ3n) is 3.58. The molecule has 108 valence electrons. The molecule has 0 atom stereocenters. The number of thiophene rings is 1. The summed E-state index contributed by atoms with van der Waals surface area (Å²) >= 11 is 1.74. The topological polar surface area (TPSA) is 55.0 Å². The Balaban J connectivity index is 2.03. The molecule has 5 heteroatoms. The van der Waals surface area contributed by atoms with Gasteiger partial charge in [-0.15, -0.1) is 11.3 Å². The molecule has 0 aliphatic rings.